The zero-order chi connectivity index (χ0) is 12.2. The molecule has 0 spiro atoms. The molecule has 0 fully saturated rings. The van der Waals surface area contributed by atoms with E-state index in [2.05, 4.69) is 0 Å². The predicted octanol–water partition coefficient (Wildman–Crippen LogP) is 3.96. The van der Waals surface area contributed by atoms with Crippen LogP contribution in [0.25, 0.3) is 0 Å². The molecule has 0 bridgehead atoms. The minimum atomic E-state index is -0.699. The number of rotatable bonds is 5. The first-order valence-corrected chi connectivity index (χ1v) is 6.05. The van der Waals surface area contributed by atoms with Gasteiger partial charge in [-0.05, 0) is 30.5 Å². The molecular weight excluding hydrogens is 227 g/mol. The van der Waals surface area contributed by atoms with Crippen molar-refractivity contribution in [1.29, 1.82) is 0 Å². The van der Waals surface area contributed by atoms with Gasteiger partial charge in [-0.2, -0.15) is 0 Å². The molecule has 16 heavy (non-hydrogen) atoms. The van der Waals surface area contributed by atoms with E-state index >= 15 is 0 Å². The lowest BCUT2D eigenvalue weighted by atomic mass is 9.88. The first-order valence-electron chi connectivity index (χ1n) is 5.67. The van der Waals surface area contributed by atoms with Gasteiger partial charge < -0.3 is 5.11 Å². The van der Waals surface area contributed by atoms with Crippen LogP contribution in [-0.2, 0) is 6.42 Å². The average molecular weight is 245 g/mol. The van der Waals surface area contributed by atoms with Crippen molar-refractivity contribution in [2.24, 2.45) is 0 Å². The van der Waals surface area contributed by atoms with Crippen molar-refractivity contribution in [3.8, 4) is 0 Å². The minimum absolute atomic E-state index is 0.118. The Morgan fingerprint density at radius 1 is 1.38 bits per heavy atom. The zero-order valence-corrected chi connectivity index (χ0v) is 10.5. The Bertz CT molecular complexity index is 354. The van der Waals surface area contributed by atoms with Crippen molar-refractivity contribution < 1.29 is 9.50 Å². The summed E-state index contributed by atoms with van der Waals surface area (Å²) in [5, 5.41) is 10.4. The maximum Gasteiger partial charge on any atom is 0.141 e. The summed E-state index contributed by atoms with van der Waals surface area (Å²) in [5.74, 6) is -0.416. The molecule has 0 heterocycles. The molecule has 1 N–H and O–H groups in total. The monoisotopic (exact) mass is 244 g/mol. The van der Waals surface area contributed by atoms with Crippen molar-refractivity contribution >= 4 is 11.6 Å². The summed E-state index contributed by atoms with van der Waals surface area (Å²) >= 11 is 5.71. The molecule has 0 radical (unpaired) electrons. The van der Waals surface area contributed by atoms with Crippen LogP contribution in [0, 0.1) is 5.82 Å². The smallest absolute Gasteiger partial charge is 0.141 e. The van der Waals surface area contributed by atoms with Crippen LogP contribution in [0.5, 0.6) is 0 Å². The summed E-state index contributed by atoms with van der Waals surface area (Å²) in [7, 11) is 0. The number of hydrogen-bond acceptors (Lipinski definition) is 1. The van der Waals surface area contributed by atoms with Crippen molar-refractivity contribution in [3.63, 3.8) is 0 Å². The lowest BCUT2D eigenvalue weighted by Crippen LogP contribution is -2.30. The predicted molar refractivity (Wildman–Crippen MR) is 65.3 cm³/mol. The minimum Gasteiger partial charge on any atom is -0.390 e. The fourth-order valence-corrected chi connectivity index (χ4v) is 2.09. The quantitative estimate of drug-likeness (QED) is 0.831. The highest BCUT2D eigenvalue weighted by Crippen LogP contribution is 2.25. The van der Waals surface area contributed by atoms with Gasteiger partial charge in [0, 0.05) is 6.42 Å². The SMILES string of the molecule is CCCC(O)(CC)Cc1ccc(F)c(Cl)c1. The summed E-state index contributed by atoms with van der Waals surface area (Å²) in [5.41, 5.74) is 0.180. The van der Waals surface area contributed by atoms with Gasteiger partial charge in [0.25, 0.3) is 0 Å². The Morgan fingerprint density at radius 3 is 2.56 bits per heavy atom. The lowest BCUT2D eigenvalue weighted by molar-refractivity contribution is 0.0271. The highest BCUT2D eigenvalue weighted by atomic mass is 35.5. The normalized spacial score (nSPS) is 14.8. The van der Waals surface area contributed by atoms with Crippen LogP contribution in [0.4, 0.5) is 4.39 Å². The molecular formula is C13H18ClFO. The molecule has 0 aliphatic rings. The van der Waals surface area contributed by atoms with Crippen LogP contribution in [0.2, 0.25) is 5.02 Å². The van der Waals surface area contributed by atoms with Gasteiger partial charge >= 0.3 is 0 Å². The van der Waals surface area contributed by atoms with Crippen molar-refractivity contribution in [2.45, 2.75) is 45.1 Å². The second-order valence-corrected chi connectivity index (χ2v) is 4.66. The van der Waals surface area contributed by atoms with Gasteiger partial charge in [-0.25, -0.2) is 4.39 Å². The van der Waals surface area contributed by atoms with Crippen LogP contribution in [-0.4, -0.2) is 10.7 Å². The lowest BCUT2D eigenvalue weighted by Gasteiger charge is -2.26. The third-order valence-electron chi connectivity index (χ3n) is 2.89. The van der Waals surface area contributed by atoms with Gasteiger partial charge in [0.15, 0.2) is 0 Å². The molecule has 0 aliphatic heterocycles. The van der Waals surface area contributed by atoms with Crippen LogP contribution in [0.15, 0.2) is 18.2 Å². The zero-order valence-electron chi connectivity index (χ0n) is 9.76. The Hall–Kier alpha value is -0.600. The Balaban J connectivity index is 2.81. The summed E-state index contributed by atoms with van der Waals surface area (Å²) in [6.07, 6.45) is 2.89. The summed E-state index contributed by atoms with van der Waals surface area (Å²) in [4.78, 5) is 0. The maximum atomic E-state index is 13.0. The molecule has 90 valence electrons. The van der Waals surface area contributed by atoms with E-state index in [4.69, 9.17) is 11.6 Å². The standard InChI is InChI=1S/C13H18ClFO/c1-3-7-13(16,4-2)9-10-5-6-12(15)11(14)8-10/h5-6,8,16H,3-4,7,9H2,1-2H3. The van der Waals surface area contributed by atoms with Crippen molar-refractivity contribution in [2.75, 3.05) is 0 Å². The third-order valence-corrected chi connectivity index (χ3v) is 3.18. The molecule has 1 unspecified atom stereocenters. The number of aliphatic hydroxyl groups is 1. The fourth-order valence-electron chi connectivity index (χ4n) is 1.89. The second-order valence-electron chi connectivity index (χ2n) is 4.25. The van der Waals surface area contributed by atoms with Gasteiger partial charge in [-0.3, -0.25) is 0 Å². The highest BCUT2D eigenvalue weighted by Gasteiger charge is 2.24. The average Bonchev–Trinajstić information content (AvgIpc) is 2.24. The Labute approximate surface area is 101 Å². The first kappa shape index (κ1) is 13.5. The molecule has 0 saturated carbocycles. The molecule has 1 aromatic rings. The molecule has 0 aromatic heterocycles. The molecule has 0 aliphatic carbocycles. The van der Waals surface area contributed by atoms with E-state index in [0.29, 0.717) is 12.8 Å². The fraction of sp³-hybridized carbons (Fsp3) is 0.538. The van der Waals surface area contributed by atoms with Gasteiger partial charge in [0.2, 0.25) is 0 Å². The third kappa shape index (κ3) is 3.46. The largest absolute Gasteiger partial charge is 0.390 e. The Kier molecular flexibility index (Phi) is 4.75. The molecule has 0 amide bonds. The van der Waals surface area contributed by atoms with E-state index in [1.165, 1.54) is 6.07 Å². The summed E-state index contributed by atoms with van der Waals surface area (Å²) < 4.78 is 13.0. The van der Waals surface area contributed by atoms with Gasteiger partial charge in [-0.1, -0.05) is 37.9 Å². The van der Waals surface area contributed by atoms with Crippen molar-refractivity contribution in [3.05, 3.63) is 34.6 Å². The van der Waals surface area contributed by atoms with Gasteiger partial charge in [0.1, 0.15) is 5.82 Å². The second kappa shape index (κ2) is 5.65. The number of hydrogen-bond donors (Lipinski definition) is 1. The van der Waals surface area contributed by atoms with Crippen LogP contribution < -0.4 is 0 Å². The first-order chi connectivity index (χ1) is 7.50. The van der Waals surface area contributed by atoms with E-state index in [1.54, 1.807) is 12.1 Å². The van der Waals surface area contributed by atoms with Crippen LogP contribution in [0.3, 0.4) is 0 Å². The van der Waals surface area contributed by atoms with Gasteiger partial charge in [0.05, 0.1) is 10.6 Å². The van der Waals surface area contributed by atoms with Crippen LogP contribution >= 0.6 is 11.6 Å². The van der Waals surface area contributed by atoms with E-state index in [0.717, 1.165) is 18.4 Å². The van der Waals surface area contributed by atoms with Crippen molar-refractivity contribution in [1.82, 2.24) is 0 Å². The van der Waals surface area contributed by atoms with Gasteiger partial charge in [-0.15, -0.1) is 0 Å². The van der Waals surface area contributed by atoms with E-state index in [-0.39, 0.29) is 5.02 Å². The Morgan fingerprint density at radius 2 is 2.06 bits per heavy atom. The molecule has 0 saturated heterocycles. The summed E-state index contributed by atoms with van der Waals surface area (Å²) in [6.45, 7) is 4.00. The molecule has 1 atom stereocenters. The number of benzene rings is 1. The maximum absolute atomic E-state index is 13.0. The molecule has 1 rings (SSSR count). The van der Waals surface area contributed by atoms with Crippen LogP contribution in [0.1, 0.15) is 38.7 Å². The molecule has 1 nitrogen and oxygen atoms in total. The molecule has 3 heteroatoms. The highest BCUT2D eigenvalue weighted by molar-refractivity contribution is 6.30. The van der Waals surface area contributed by atoms with E-state index < -0.39 is 11.4 Å². The number of halogens is 2. The molecule has 1 aromatic carbocycles. The summed E-state index contributed by atoms with van der Waals surface area (Å²) in [6, 6.07) is 4.62. The van der Waals surface area contributed by atoms with E-state index in [1.807, 2.05) is 13.8 Å². The van der Waals surface area contributed by atoms with E-state index in [9.17, 15) is 9.50 Å². The topological polar surface area (TPSA) is 20.2 Å².